The van der Waals surface area contributed by atoms with Gasteiger partial charge in [-0.25, -0.2) is 9.37 Å². The van der Waals surface area contributed by atoms with Gasteiger partial charge < -0.3 is 5.32 Å². The molecule has 0 amide bonds. The molecule has 0 spiro atoms. The van der Waals surface area contributed by atoms with Crippen molar-refractivity contribution in [1.82, 2.24) is 9.38 Å². The lowest BCUT2D eigenvalue weighted by Crippen LogP contribution is -2.27. The minimum absolute atomic E-state index is 0.159. The van der Waals surface area contributed by atoms with Gasteiger partial charge in [-0.2, -0.15) is 0 Å². The number of nitrogens with one attached hydrogen (secondary N) is 1. The van der Waals surface area contributed by atoms with Crippen molar-refractivity contribution < 1.29 is 4.39 Å². The Morgan fingerprint density at radius 2 is 1.78 bits per heavy atom. The summed E-state index contributed by atoms with van der Waals surface area (Å²) in [5.74, 6) is 0.567. The van der Waals surface area contributed by atoms with Gasteiger partial charge >= 0.3 is 0 Å². The predicted octanol–water partition coefficient (Wildman–Crippen LogP) is 4.97. The Morgan fingerprint density at radius 3 is 2.43 bits per heavy atom. The highest BCUT2D eigenvalue weighted by atomic mass is 19.1. The van der Waals surface area contributed by atoms with Crippen molar-refractivity contribution in [3.63, 3.8) is 0 Å². The molecule has 0 bridgehead atoms. The molecule has 3 rings (SSSR count). The molecule has 3 aromatic rings. The Balaban J connectivity index is 2.35. The lowest BCUT2D eigenvalue weighted by atomic mass is 10.1. The van der Waals surface area contributed by atoms with Gasteiger partial charge in [-0.1, -0.05) is 12.1 Å². The fourth-order valence-electron chi connectivity index (χ4n) is 2.84. The van der Waals surface area contributed by atoms with Crippen LogP contribution in [0.4, 0.5) is 10.2 Å². The highest BCUT2D eigenvalue weighted by Crippen LogP contribution is 2.33. The fourth-order valence-corrected chi connectivity index (χ4v) is 2.84. The zero-order chi connectivity index (χ0) is 16.8. The van der Waals surface area contributed by atoms with E-state index < -0.39 is 0 Å². The summed E-state index contributed by atoms with van der Waals surface area (Å²) in [6, 6.07) is 10.9. The number of anilines is 1. The number of benzene rings is 1. The molecule has 0 radical (unpaired) electrons. The molecular weight excluding hydrogens is 289 g/mol. The molecular formula is C19H22FN3. The summed E-state index contributed by atoms with van der Waals surface area (Å²) < 4.78 is 16.4. The third kappa shape index (κ3) is 2.93. The molecule has 2 heterocycles. The van der Waals surface area contributed by atoms with Crippen LogP contribution in [0.2, 0.25) is 0 Å². The highest BCUT2D eigenvalue weighted by Gasteiger charge is 2.21. The minimum atomic E-state index is -0.262. The average molecular weight is 311 g/mol. The molecule has 1 N–H and O–H groups in total. The third-order valence-electron chi connectivity index (χ3n) is 3.67. The topological polar surface area (TPSA) is 29.3 Å². The summed E-state index contributed by atoms with van der Waals surface area (Å²) in [7, 11) is 0. The maximum absolute atomic E-state index is 14.3. The molecule has 120 valence electrons. The molecule has 0 aliphatic carbocycles. The van der Waals surface area contributed by atoms with Crippen molar-refractivity contribution in [2.45, 2.75) is 40.2 Å². The van der Waals surface area contributed by atoms with Crippen LogP contribution >= 0.6 is 0 Å². The van der Waals surface area contributed by atoms with Gasteiger partial charge in [0.25, 0.3) is 0 Å². The van der Waals surface area contributed by atoms with Gasteiger partial charge in [0, 0.05) is 16.8 Å². The third-order valence-corrected chi connectivity index (χ3v) is 3.67. The lowest BCUT2D eigenvalue weighted by Gasteiger charge is -2.23. The summed E-state index contributed by atoms with van der Waals surface area (Å²) in [5.41, 5.74) is 4.04. The summed E-state index contributed by atoms with van der Waals surface area (Å²) in [6.07, 6.45) is 0. The number of aromatic nitrogens is 2. The van der Waals surface area contributed by atoms with E-state index in [9.17, 15) is 4.39 Å². The van der Waals surface area contributed by atoms with Crippen LogP contribution in [-0.2, 0) is 0 Å². The molecule has 0 atom stereocenters. The van der Waals surface area contributed by atoms with E-state index in [-0.39, 0.29) is 11.4 Å². The maximum atomic E-state index is 14.3. The van der Waals surface area contributed by atoms with Crippen LogP contribution in [0.5, 0.6) is 0 Å². The first-order valence-corrected chi connectivity index (χ1v) is 7.79. The minimum Gasteiger partial charge on any atom is -0.365 e. The van der Waals surface area contributed by atoms with E-state index in [2.05, 4.69) is 36.6 Å². The van der Waals surface area contributed by atoms with E-state index in [0.717, 1.165) is 22.7 Å². The van der Waals surface area contributed by atoms with Crippen molar-refractivity contribution in [1.29, 1.82) is 0 Å². The van der Waals surface area contributed by atoms with Crippen molar-refractivity contribution in [3.8, 4) is 11.3 Å². The number of hydrogen-bond acceptors (Lipinski definition) is 2. The Kier molecular flexibility index (Phi) is 3.63. The molecule has 0 aliphatic heterocycles. The number of nitrogens with zero attached hydrogens (tertiary/aromatic N) is 2. The molecule has 3 nitrogen and oxygen atoms in total. The zero-order valence-corrected chi connectivity index (χ0v) is 14.2. The molecule has 4 heteroatoms. The number of halogens is 1. The van der Waals surface area contributed by atoms with Gasteiger partial charge in [-0.3, -0.25) is 4.40 Å². The summed E-state index contributed by atoms with van der Waals surface area (Å²) >= 11 is 0. The van der Waals surface area contributed by atoms with Gasteiger partial charge in [0.1, 0.15) is 23.0 Å². The highest BCUT2D eigenvalue weighted by molar-refractivity contribution is 5.77. The Morgan fingerprint density at radius 1 is 1.09 bits per heavy atom. The Hall–Kier alpha value is -2.36. The number of pyridine rings is 1. The van der Waals surface area contributed by atoms with E-state index in [4.69, 9.17) is 4.98 Å². The van der Waals surface area contributed by atoms with Crippen molar-refractivity contribution in [3.05, 3.63) is 53.5 Å². The summed E-state index contributed by atoms with van der Waals surface area (Å²) in [5, 5.41) is 3.49. The normalized spacial score (nSPS) is 11.9. The van der Waals surface area contributed by atoms with E-state index >= 15 is 0 Å². The first-order chi connectivity index (χ1) is 10.8. The van der Waals surface area contributed by atoms with Crippen molar-refractivity contribution in [2.75, 3.05) is 5.32 Å². The molecule has 0 saturated heterocycles. The van der Waals surface area contributed by atoms with E-state index in [1.807, 2.05) is 26.0 Å². The Bertz CT molecular complexity index is 872. The van der Waals surface area contributed by atoms with Gasteiger partial charge in [-0.05, 0) is 64.4 Å². The summed E-state index contributed by atoms with van der Waals surface area (Å²) in [4.78, 5) is 4.71. The first-order valence-electron chi connectivity index (χ1n) is 7.79. The number of rotatable bonds is 2. The van der Waals surface area contributed by atoms with Gasteiger partial charge in [-0.15, -0.1) is 0 Å². The predicted molar refractivity (Wildman–Crippen MR) is 93.4 cm³/mol. The molecule has 23 heavy (non-hydrogen) atoms. The van der Waals surface area contributed by atoms with Gasteiger partial charge in [0.2, 0.25) is 0 Å². The molecule has 0 aliphatic rings. The largest absolute Gasteiger partial charge is 0.365 e. The van der Waals surface area contributed by atoms with Crippen molar-refractivity contribution >= 4 is 11.5 Å². The maximum Gasteiger partial charge on any atom is 0.139 e. The number of aryl methyl sites for hydroxylation is 2. The molecule has 0 unspecified atom stereocenters. The SMILES string of the molecule is Cc1cc(C)n2c(NC(C)(C)C)c(-c3ccccc3F)nc2c1. The number of imidazole rings is 1. The van der Waals surface area contributed by atoms with E-state index in [1.54, 1.807) is 12.1 Å². The quantitative estimate of drug-likeness (QED) is 0.724. The second kappa shape index (κ2) is 5.37. The van der Waals surface area contributed by atoms with Gasteiger partial charge in [0.05, 0.1) is 0 Å². The Labute approximate surface area is 136 Å². The van der Waals surface area contributed by atoms with Crippen LogP contribution in [0.15, 0.2) is 36.4 Å². The van der Waals surface area contributed by atoms with Crippen LogP contribution in [0.3, 0.4) is 0 Å². The van der Waals surface area contributed by atoms with Gasteiger partial charge in [0.15, 0.2) is 0 Å². The summed E-state index contributed by atoms with van der Waals surface area (Å²) in [6.45, 7) is 10.3. The van der Waals surface area contributed by atoms with E-state index in [1.165, 1.54) is 6.07 Å². The van der Waals surface area contributed by atoms with Crippen LogP contribution < -0.4 is 5.32 Å². The monoisotopic (exact) mass is 311 g/mol. The lowest BCUT2D eigenvalue weighted by molar-refractivity contribution is 0.625. The second-order valence-electron chi connectivity index (χ2n) is 7.03. The molecule has 0 saturated carbocycles. The molecule has 0 fully saturated rings. The standard InChI is InChI=1S/C19H22FN3/c1-12-10-13(2)23-16(11-12)21-17(18(23)22-19(3,4)5)14-8-6-7-9-15(14)20/h6-11,22H,1-5H3. The fraction of sp³-hybridized carbons (Fsp3) is 0.316. The average Bonchev–Trinajstić information content (AvgIpc) is 2.75. The van der Waals surface area contributed by atoms with Crippen LogP contribution in [0.25, 0.3) is 16.9 Å². The smallest absolute Gasteiger partial charge is 0.139 e. The van der Waals surface area contributed by atoms with Crippen molar-refractivity contribution in [2.24, 2.45) is 0 Å². The zero-order valence-electron chi connectivity index (χ0n) is 14.2. The second-order valence-corrected chi connectivity index (χ2v) is 7.03. The van der Waals surface area contributed by atoms with E-state index in [0.29, 0.717) is 11.3 Å². The van der Waals surface area contributed by atoms with Crippen LogP contribution in [0, 0.1) is 19.7 Å². The van der Waals surface area contributed by atoms with Crippen LogP contribution in [-0.4, -0.2) is 14.9 Å². The number of hydrogen-bond donors (Lipinski definition) is 1. The number of fused-ring (bicyclic) bond motifs is 1. The molecule has 1 aromatic carbocycles. The first kappa shape index (κ1) is 15.5. The molecule has 2 aromatic heterocycles. The van der Waals surface area contributed by atoms with Crippen LogP contribution in [0.1, 0.15) is 32.0 Å².